The van der Waals surface area contributed by atoms with Crippen molar-refractivity contribution in [3.63, 3.8) is 0 Å². The highest BCUT2D eigenvalue weighted by molar-refractivity contribution is 7.15. The summed E-state index contributed by atoms with van der Waals surface area (Å²) in [5, 5.41) is 4.50. The van der Waals surface area contributed by atoms with Gasteiger partial charge >= 0.3 is 5.97 Å². The van der Waals surface area contributed by atoms with E-state index in [1.165, 1.54) is 33.1 Å². The summed E-state index contributed by atoms with van der Waals surface area (Å²) in [7, 11) is 0. The van der Waals surface area contributed by atoms with Crippen molar-refractivity contribution < 1.29 is 9.53 Å². The van der Waals surface area contributed by atoms with E-state index in [0.29, 0.717) is 16.3 Å². The molecule has 0 aliphatic heterocycles. The number of hydrogen-bond acceptors (Lipinski definition) is 7. The van der Waals surface area contributed by atoms with Crippen LogP contribution in [0, 0.1) is 0 Å². The number of nitrogens with zero attached hydrogens (tertiary/aromatic N) is 3. The van der Waals surface area contributed by atoms with Gasteiger partial charge in [0.05, 0.1) is 17.8 Å². The van der Waals surface area contributed by atoms with Gasteiger partial charge in [-0.1, -0.05) is 30.3 Å². The molecule has 0 saturated heterocycles. The predicted molar refractivity (Wildman–Crippen MR) is 100 cm³/mol. The van der Waals surface area contributed by atoms with Crippen molar-refractivity contribution in [1.29, 1.82) is 0 Å². The van der Waals surface area contributed by atoms with Gasteiger partial charge in [0.15, 0.2) is 4.96 Å². The fraction of sp³-hybridized carbons (Fsp3) is 0.111. The minimum atomic E-state index is -0.400. The number of aromatic nitrogens is 3. The van der Waals surface area contributed by atoms with Gasteiger partial charge in [-0.25, -0.2) is 9.97 Å². The first-order valence-corrected chi connectivity index (χ1v) is 9.56. The number of benzene rings is 1. The Hall–Kier alpha value is -2.84. The number of hydrogen-bond donors (Lipinski definition) is 0. The van der Waals surface area contributed by atoms with E-state index in [4.69, 9.17) is 4.74 Å². The first-order chi connectivity index (χ1) is 12.7. The number of esters is 1. The van der Waals surface area contributed by atoms with Crippen molar-refractivity contribution in [2.24, 2.45) is 0 Å². The van der Waals surface area contributed by atoms with E-state index in [-0.39, 0.29) is 18.6 Å². The van der Waals surface area contributed by atoms with Gasteiger partial charge < -0.3 is 4.74 Å². The van der Waals surface area contributed by atoms with Crippen molar-refractivity contribution in [1.82, 2.24) is 14.4 Å². The molecule has 4 rings (SSSR count). The molecule has 3 aromatic heterocycles. The molecule has 0 radical (unpaired) electrons. The number of carbonyl (C=O) groups excluding carboxylic acids is 1. The Balaban J connectivity index is 1.39. The Kier molecular flexibility index (Phi) is 4.59. The number of rotatable bonds is 5. The van der Waals surface area contributed by atoms with Crippen molar-refractivity contribution in [2.45, 2.75) is 13.0 Å². The van der Waals surface area contributed by atoms with Crippen LogP contribution in [0.15, 0.2) is 58.1 Å². The lowest BCUT2D eigenvalue weighted by atomic mass is 10.2. The molecular weight excluding hydrogens is 370 g/mol. The molecule has 0 N–H and O–H groups in total. The number of fused-ring (bicyclic) bond motifs is 1. The van der Waals surface area contributed by atoms with Crippen molar-refractivity contribution >= 4 is 33.6 Å². The van der Waals surface area contributed by atoms with E-state index in [0.717, 1.165) is 10.6 Å². The summed E-state index contributed by atoms with van der Waals surface area (Å²) >= 11 is 2.85. The SMILES string of the molecule is O=C(Cc1csc(-c2ccccc2)n1)OCc1cc(=O)n2ccsc2n1. The number of thiazole rings is 2. The van der Waals surface area contributed by atoms with Gasteiger partial charge in [0.1, 0.15) is 11.6 Å². The zero-order chi connectivity index (χ0) is 17.9. The molecule has 0 atom stereocenters. The lowest BCUT2D eigenvalue weighted by Crippen LogP contribution is -2.15. The molecule has 26 heavy (non-hydrogen) atoms. The summed E-state index contributed by atoms with van der Waals surface area (Å²) in [4.78, 5) is 33.3. The zero-order valence-corrected chi connectivity index (χ0v) is 15.1. The predicted octanol–water partition coefficient (Wildman–Crippen LogP) is 3.17. The van der Waals surface area contributed by atoms with Gasteiger partial charge in [0.2, 0.25) is 0 Å². The minimum Gasteiger partial charge on any atom is -0.459 e. The average molecular weight is 383 g/mol. The normalized spacial score (nSPS) is 10.9. The summed E-state index contributed by atoms with van der Waals surface area (Å²) in [5.74, 6) is -0.400. The maximum absolute atomic E-state index is 12.1. The fourth-order valence-corrected chi connectivity index (χ4v) is 3.98. The molecule has 0 spiro atoms. The van der Waals surface area contributed by atoms with Crippen LogP contribution < -0.4 is 5.56 Å². The Bertz CT molecular complexity index is 1120. The molecule has 6 nitrogen and oxygen atoms in total. The Labute approximate surface area is 156 Å². The molecule has 3 heterocycles. The molecule has 1 aromatic carbocycles. The third kappa shape index (κ3) is 3.56. The van der Waals surface area contributed by atoms with Crippen molar-refractivity contribution in [2.75, 3.05) is 0 Å². The summed E-state index contributed by atoms with van der Waals surface area (Å²) in [6, 6.07) is 11.2. The van der Waals surface area contributed by atoms with E-state index in [1.54, 1.807) is 11.6 Å². The van der Waals surface area contributed by atoms with Crippen LogP contribution in [0.4, 0.5) is 0 Å². The zero-order valence-electron chi connectivity index (χ0n) is 13.5. The van der Waals surface area contributed by atoms with Gasteiger partial charge in [-0.15, -0.1) is 22.7 Å². The Morgan fingerprint density at radius 2 is 1.96 bits per heavy atom. The monoisotopic (exact) mass is 383 g/mol. The van der Waals surface area contributed by atoms with Gasteiger partial charge in [-0.3, -0.25) is 14.0 Å². The average Bonchev–Trinajstić information content (AvgIpc) is 3.30. The lowest BCUT2D eigenvalue weighted by Gasteiger charge is -2.03. The second kappa shape index (κ2) is 7.19. The van der Waals surface area contributed by atoms with Crippen LogP contribution in [0.25, 0.3) is 15.5 Å². The third-order valence-corrected chi connectivity index (χ3v) is 5.33. The van der Waals surface area contributed by atoms with Gasteiger partial charge in [-0.2, -0.15) is 0 Å². The minimum absolute atomic E-state index is 0.0296. The fourth-order valence-electron chi connectivity index (χ4n) is 2.42. The van der Waals surface area contributed by atoms with Crippen LogP contribution in [0.5, 0.6) is 0 Å². The van der Waals surface area contributed by atoms with Crippen LogP contribution in [0.1, 0.15) is 11.4 Å². The molecule has 0 saturated carbocycles. The highest BCUT2D eigenvalue weighted by atomic mass is 32.1. The van der Waals surface area contributed by atoms with E-state index in [9.17, 15) is 9.59 Å². The van der Waals surface area contributed by atoms with Crippen LogP contribution in [-0.4, -0.2) is 20.3 Å². The van der Waals surface area contributed by atoms with Crippen molar-refractivity contribution in [3.05, 3.63) is 75.1 Å². The first-order valence-electron chi connectivity index (χ1n) is 7.80. The van der Waals surface area contributed by atoms with Crippen LogP contribution in [0.3, 0.4) is 0 Å². The largest absolute Gasteiger partial charge is 0.459 e. The second-order valence-corrected chi connectivity index (χ2v) is 7.22. The molecule has 0 aliphatic carbocycles. The standard InChI is InChI=1S/C18H13N3O3S2/c22-15-8-13(20-18-21(15)6-7-25-18)10-24-16(23)9-14-11-26-17(19-14)12-4-2-1-3-5-12/h1-8,11H,9-10H2. The highest BCUT2D eigenvalue weighted by Crippen LogP contribution is 2.23. The number of ether oxygens (including phenoxy) is 1. The number of carbonyl (C=O) groups is 1. The topological polar surface area (TPSA) is 73.6 Å². The van der Waals surface area contributed by atoms with E-state index < -0.39 is 5.97 Å². The molecule has 130 valence electrons. The molecule has 0 amide bonds. The lowest BCUT2D eigenvalue weighted by molar-refractivity contribution is -0.144. The maximum Gasteiger partial charge on any atom is 0.312 e. The smallest absolute Gasteiger partial charge is 0.312 e. The Morgan fingerprint density at radius 1 is 1.12 bits per heavy atom. The molecule has 0 unspecified atom stereocenters. The molecular formula is C18H13N3O3S2. The quantitative estimate of drug-likeness (QED) is 0.495. The van der Waals surface area contributed by atoms with Gasteiger partial charge in [0, 0.05) is 28.6 Å². The molecule has 8 heteroatoms. The first kappa shape index (κ1) is 16.6. The third-order valence-electron chi connectivity index (χ3n) is 3.64. The summed E-state index contributed by atoms with van der Waals surface area (Å²) in [6.07, 6.45) is 1.75. The molecule has 0 fully saturated rings. The summed E-state index contributed by atoms with van der Waals surface area (Å²) < 4.78 is 6.70. The highest BCUT2D eigenvalue weighted by Gasteiger charge is 2.11. The van der Waals surface area contributed by atoms with E-state index in [1.807, 2.05) is 35.7 Å². The molecule has 4 aromatic rings. The van der Waals surface area contributed by atoms with Crippen LogP contribution in [-0.2, 0) is 22.6 Å². The Morgan fingerprint density at radius 3 is 2.81 bits per heavy atom. The van der Waals surface area contributed by atoms with Gasteiger partial charge in [0.25, 0.3) is 5.56 Å². The molecule has 0 aliphatic rings. The maximum atomic E-state index is 12.1. The summed E-state index contributed by atoms with van der Waals surface area (Å²) in [6.45, 7) is -0.0296. The summed E-state index contributed by atoms with van der Waals surface area (Å²) in [5.41, 5.74) is 1.94. The van der Waals surface area contributed by atoms with Crippen LogP contribution in [0.2, 0.25) is 0 Å². The van der Waals surface area contributed by atoms with Gasteiger partial charge in [-0.05, 0) is 0 Å². The van der Waals surface area contributed by atoms with Crippen molar-refractivity contribution in [3.8, 4) is 10.6 Å². The van der Waals surface area contributed by atoms with E-state index >= 15 is 0 Å². The molecule has 0 bridgehead atoms. The van der Waals surface area contributed by atoms with E-state index in [2.05, 4.69) is 9.97 Å². The second-order valence-electron chi connectivity index (χ2n) is 5.49. The van der Waals surface area contributed by atoms with Crippen LogP contribution >= 0.6 is 22.7 Å².